The highest BCUT2D eigenvalue weighted by Gasteiger charge is 2.39. The summed E-state index contributed by atoms with van der Waals surface area (Å²) < 4.78 is 36.7. The van der Waals surface area contributed by atoms with E-state index in [1.54, 1.807) is 6.07 Å². The maximum Gasteiger partial charge on any atom is 0.500 e. The molecule has 2 aromatic carbocycles. The molecule has 0 aliphatic heterocycles. The molecule has 0 spiro atoms. The zero-order chi connectivity index (χ0) is 24.1. The highest BCUT2D eigenvalue weighted by molar-refractivity contribution is 6.60. The zero-order valence-electron chi connectivity index (χ0n) is 20.1. The number of unbranched alkanes of at least 4 members (excludes halogenated alkanes) is 1. The molecule has 7 heteroatoms. The normalized spacial score (nSPS) is 11.8. The minimum absolute atomic E-state index is 0.339. The predicted octanol–water partition coefficient (Wildman–Crippen LogP) is 6.05. The summed E-state index contributed by atoms with van der Waals surface area (Å²) >= 11 is 0. The molecule has 2 aromatic rings. The van der Waals surface area contributed by atoms with E-state index < -0.39 is 14.8 Å². The molecule has 0 aromatic heterocycles. The van der Waals surface area contributed by atoms with E-state index in [-0.39, 0.29) is 5.82 Å². The number of benzene rings is 2. The molecule has 0 amide bonds. The maximum atomic E-state index is 14.4. The molecule has 0 saturated carbocycles. The Balaban J connectivity index is 1.94. The van der Waals surface area contributed by atoms with Crippen molar-refractivity contribution in [2.24, 2.45) is 0 Å². The predicted molar refractivity (Wildman–Crippen MR) is 131 cm³/mol. The van der Waals surface area contributed by atoms with Crippen molar-refractivity contribution in [3.05, 3.63) is 65.5 Å². The number of carbonyl (C=O) groups is 1. The van der Waals surface area contributed by atoms with Gasteiger partial charge < -0.3 is 18.0 Å². The van der Waals surface area contributed by atoms with E-state index in [2.05, 4.69) is 16.9 Å². The number of rotatable bonds is 14. The first-order valence-corrected chi connectivity index (χ1v) is 13.5. The van der Waals surface area contributed by atoms with Crippen LogP contribution in [0.2, 0.25) is 6.04 Å². The lowest BCUT2D eigenvalue weighted by atomic mass is 10.0. The van der Waals surface area contributed by atoms with E-state index >= 15 is 0 Å². The summed E-state index contributed by atoms with van der Waals surface area (Å²) in [4.78, 5) is 11.2. The molecule has 0 radical (unpaired) electrons. The summed E-state index contributed by atoms with van der Waals surface area (Å²) in [6.07, 6.45) is 5.54. The second-order valence-corrected chi connectivity index (χ2v) is 10.2. The molecule has 2 rings (SSSR count). The largest absolute Gasteiger partial charge is 0.500 e. The van der Waals surface area contributed by atoms with Crippen LogP contribution in [0.1, 0.15) is 44.7 Å². The average molecular weight is 475 g/mol. The number of esters is 1. The minimum atomic E-state index is -2.58. The molecule has 5 nitrogen and oxygen atoms in total. The number of hydrogen-bond donors (Lipinski definition) is 0. The monoisotopic (exact) mass is 474 g/mol. The Morgan fingerprint density at radius 1 is 0.909 bits per heavy atom. The molecule has 0 heterocycles. The van der Waals surface area contributed by atoms with Crippen molar-refractivity contribution < 1.29 is 27.2 Å². The topological polar surface area (TPSA) is 54.0 Å². The van der Waals surface area contributed by atoms with Crippen molar-refractivity contribution in [3.8, 4) is 11.1 Å². The first-order chi connectivity index (χ1) is 16.0. The van der Waals surface area contributed by atoms with E-state index in [0.29, 0.717) is 25.4 Å². The number of aryl methyl sites for hydroxylation is 1. The van der Waals surface area contributed by atoms with Crippen LogP contribution in [0.3, 0.4) is 0 Å². The van der Waals surface area contributed by atoms with Gasteiger partial charge in [-0.1, -0.05) is 36.4 Å². The summed E-state index contributed by atoms with van der Waals surface area (Å²) in [6, 6.07) is 14.0. The molecule has 0 fully saturated rings. The lowest BCUT2D eigenvalue weighted by Gasteiger charge is -2.28. The molecule has 33 heavy (non-hydrogen) atoms. The lowest BCUT2D eigenvalue weighted by Crippen LogP contribution is -2.45. The average Bonchev–Trinajstić information content (AvgIpc) is 2.82. The smallest absolute Gasteiger partial charge is 0.466 e. The Kier molecular flexibility index (Phi) is 11.5. The Labute approximate surface area is 197 Å². The fraction of sp³-hybridized carbons (Fsp3) is 0.423. The second kappa shape index (κ2) is 14.1. The Bertz CT molecular complexity index is 881. The van der Waals surface area contributed by atoms with Crippen LogP contribution in [0.4, 0.5) is 4.39 Å². The van der Waals surface area contributed by atoms with Crippen LogP contribution >= 0.6 is 0 Å². The quantitative estimate of drug-likeness (QED) is 0.144. The van der Waals surface area contributed by atoms with Crippen LogP contribution in [0.15, 0.2) is 48.5 Å². The standard InChI is InChI=1S/C26H35FO5Si/c1-5-30-33(31-6-2,32-7-3)19-9-8-10-21-11-13-22(14-12-21)24-16-15-23(25(27)20-24)17-18-26(28)29-4/h11-18,20H,5-10,19H2,1-4H3. The van der Waals surface area contributed by atoms with E-state index in [1.807, 2.05) is 39.0 Å². The van der Waals surface area contributed by atoms with Crippen molar-refractivity contribution in [2.45, 2.75) is 46.1 Å². The van der Waals surface area contributed by atoms with Crippen molar-refractivity contribution in [3.63, 3.8) is 0 Å². The first kappa shape index (κ1) is 26.9. The zero-order valence-corrected chi connectivity index (χ0v) is 21.1. The van der Waals surface area contributed by atoms with Gasteiger partial charge in [-0.05, 0) is 68.9 Å². The van der Waals surface area contributed by atoms with Gasteiger partial charge >= 0.3 is 14.8 Å². The van der Waals surface area contributed by atoms with Crippen LogP contribution in [0.5, 0.6) is 0 Å². The highest BCUT2D eigenvalue weighted by atomic mass is 28.4. The van der Waals surface area contributed by atoms with Crippen molar-refractivity contribution in [1.29, 1.82) is 0 Å². The fourth-order valence-electron chi connectivity index (χ4n) is 3.60. The van der Waals surface area contributed by atoms with Gasteiger partial charge in [0.25, 0.3) is 0 Å². The molecule has 0 aliphatic carbocycles. The van der Waals surface area contributed by atoms with Gasteiger partial charge in [0.15, 0.2) is 0 Å². The van der Waals surface area contributed by atoms with Crippen LogP contribution < -0.4 is 0 Å². The number of methoxy groups -OCH3 is 1. The Hall–Kier alpha value is -2.32. The molecule has 0 saturated heterocycles. The first-order valence-electron chi connectivity index (χ1n) is 11.5. The van der Waals surface area contributed by atoms with Gasteiger partial charge in [-0.2, -0.15) is 0 Å². The van der Waals surface area contributed by atoms with Gasteiger partial charge in [0.1, 0.15) is 5.82 Å². The number of ether oxygens (including phenoxy) is 1. The minimum Gasteiger partial charge on any atom is -0.466 e. The Morgan fingerprint density at radius 3 is 2.06 bits per heavy atom. The molecule has 0 atom stereocenters. The van der Waals surface area contributed by atoms with Gasteiger partial charge in [-0.3, -0.25) is 0 Å². The third-order valence-electron chi connectivity index (χ3n) is 5.18. The maximum absolute atomic E-state index is 14.4. The molecular formula is C26H35FO5Si. The molecule has 0 aliphatic rings. The van der Waals surface area contributed by atoms with E-state index in [9.17, 15) is 9.18 Å². The molecular weight excluding hydrogens is 439 g/mol. The molecule has 0 bridgehead atoms. The van der Waals surface area contributed by atoms with Crippen molar-refractivity contribution in [2.75, 3.05) is 26.9 Å². The fourth-order valence-corrected chi connectivity index (χ4v) is 6.29. The number of halogens is 1. The van der Waals surface area contributed by atoms with Gasteiger partial charge in [0.2, 0.25) is 0 Å². The highest BCUT2D eigenvalue weighted by Crippen LogP contribution is 2.24. The van der Waals surface area contributed by atoms with E-state index in [4.69, 9.17) is 13.3 Å². The van der Waals surface area contributed by atoms with Crippen LogP contribution in [-0.2, 0) is 29.2 Å². The summed E-state index contributed by atoms with van der Waals surface area (Å²) in [5.74, 6) is -0.905. The molecule has 0 unspecified atom stereocenters. The summed E-state index contributed by atoms with van der Waals surface area (Å²) in [6.45, 7) is 7.70. The van der Waals surface area contributed by atoms with E-state index in [0.717, 1.165) is 36.4 Å². The van der Waals surface area contributed by atoms with Crippen LogP contribution in [0, 0.1) is 5.82 Å². The summed E-state index contributed by atoms with van der Waals surface area (Å²) in [7, 11) is -1.29. The van der Waals surface area contributed by atoms with Gasteiger partial charge in [-0.25, -0.2) is 9.18 Å². The third kappa shape index (κ3) is 8.51. The van der Waals surface area contributed by atoms with Gasteiger partial charge in [0.05, 0.1) is 7.11 Å². The number of hydrogen-bond acceptors (Lipinski definition) is 5. The van der Waals surface area contributed by atoms with Crippen molar-refractivity contribution >= 4 is 20.8 Å². The Morgan fingerprint density at radius 2 is 1.52 bits per heavy atom. The summed E-state index contributed by atoms with van der Waals surface area (Å²) in [5, 5.41) is 0. The number of carbonyl (C=O) groups excluding carboxylic acids is 1. The van der Waals surface area contributed by atoms with Gasteiger partial charge in [0, 0.05) is 37.5 Å². The lowest BCUT2D eigenvalue weighted by molar-refractivity contribution is -0.134. The van der Waals surface area contributed by atoms with Crippen LogP contribution in [0.25, 0.3) is 17.2 Å². The third-order valence-corrected chi connectivity index (χ3v) is 8.33. The van der Waals surface area contributed by atoms with Crippen molar-refractivity contribution in [1.82, 2.24) is 0 Å². The molecule has 0 N–H and O–H groups in total. The SMILES string of the molecule is CCO[Si](CCCCc1ccc(-c2ccc(C=CC(=O)OC)c(F)c2)cc1)(OCC)OCC. The summed E-state index contributed by atoms with van der Waals surface area (Å²) in [5.41, 5.74) is 3.30. The van der Waals surface area contributed by atoms with Gasteiger partial charge in [-0.15, -0.1) is 0 Å². The second-order valence-electron chi connectivity index (χ2n) is 7.48. The van der Waals surface area contributed by atoms with Crippen LogP contribution in [-0.4, -0.2) is 41.7 Å². The van der Waals surface area contributed by atoms with E-state index in [1.165, 1.54) is 30.9 Å². The molecule has 180 valence electrons.